The first-order valence-corrected chi connectivity index (χ1v) is 4.32. The first-order chi connectivity index (χ1) is 9.71. The number of ether oxygens (including phenoxy) is 1. The van der Waals surface area contributed by atoms with Crippen LogP contribution in [0.15, 0.2) is 22.8 Å². The van der Waals surface area contributed by atoms with Crippen LogP contribution in [0.1, 0.15) is 36.7 Å². The molecule has 0 atom stereocenters. The number of hydrogen-bond donors (Lipinski definition) is 0. The van der Waals surface area contributed by atoms with Crippen LogP contribution in [0.4, 0.5) is 0 Å². The van der Waals surface area contributed by atoms with Crippen LogP contribution in [0.25, 0.3) is 0 Å². The molecule has 3 heteroatoms. The Balaban J connectivity index is 2.82. The Morgan fingerprint density at radius 3 is 3.08 bits per heavy atom. The highest BCUT2D eigenvalue weighted by atomic mass is 79.9. The van der Waals surface area contributed by atoms with Crippen molar-refractivity contribution in [2.45, 2.75) is 18.6 Å². The molecule has 2 rings (SSSR count). The highest BCUT2D eigenvalue weighted by Gasteiger charge is 2.16. The Morgan fingerprint density at radius 1 is 1.62 bits per heavy atom. The fourth-order valence-corrected chi connectivity index (χ4v) is 1.21. The summed E-state index contributed by atoms with van der Waals surface area (Å²) >= 11 is 3.10. The van der Waals surface area contributed by atoms with Crippen LogP contribution in [-0.4, -0.2) is 18.1 Å². The Kier molecular flexibility index (Phi) is 1.07. The van der Waals surface area contributed by atoms with Crippen molar-refractivity contribution in [1.82, 2.24) is 4.98 Å². The predicted octanol–water partition coefficient (Wildman–Crippen LogP) is 2.74. The molecule has 0 unspecified atom stereocenters. The second-order valence-electron chi connectivity index (χ2n) is 2.29. The zero-order valence-electron chi connectivity index (χ0n) is 15.5. The van der Waals surface area contributed by atoms with Gasteiger partial charge in [-0.05, 0) is 24.9 Å². The molecule has 1 saturated heterocycles. The highest BCUT2D eigenvalue weighted by Crippen LogP contribution is 2.26. The molecule has 0 amide bonds. The topological polar surface area (TPSA) is 22.1 Å². The maximum atomic E-state index is 8.38. The third-order valence-electron chi connectivity index (χ3n) is 1.43. The lowest BCUT2D eigenvalue weighted by Crippen LogP contribution is -2.14. The molecular formula is C10H12BrNO. The number of nitrogens with zero attached hydrogens (tertiary/aromatic N) is 1. The van der Waals surface area contributed by atoms with E-state index in [1.165, 1.54) is 18.3 Å². The SMILES string of the molecule is [2H]C1([2H])OC([2H])([2H])C([2H])([2H])C([2H])(c2cc(Br)ccn2)C1([2H])[2H]. The van der Waals surface area contributed by atoms with Crippen molar-refractivity contribution in [1.29, 1.82) is 0 Å². The average Bonchev–Trinajstić information content (AvgIpc) is 2.34. The van der Waals surface area contributed by atoms with E-state index in [2.05, 4.69) is 25.7 Å². The molecule has 70 valence electrons. The first-order valence-electron chi connectivity index (χ1n) is 8.03. The molecule has 0 aliphatic carbocycles. The third kappa shape index (κ3) is 2.29. The van der Waals surface area contributed by atoms with Crippen molar-refractivity contribution in [2.75, 3.05) is 13.1 Å². The summed E-state index contributed by atoms with van der Waals surface area (Å²) in [7, 11) is 0. The number of halogens is 1. The summed E-state index contributed by atoms with van der Waals surface area (Å²) in [6.07, 6.45) is -5.21. The minimum Gasteiger partial charge on any atom is -0.381 e. The Hall–Kier alpha value is -0.410. The van der Waals surface area contributed by atoms with Crippen molar-refractivity contribution in [2.24, 2.45) is 0 Å². The van der Waals surface area contributed by atoms with Crippen LogP contribution in [0, 0.1) is 0 Å². The molecule has 13 heavy (non-hydrogen) atoms. The summed E-state index contributed by atoms with van der Waals surface area (Å²) in [4.78, 5) is 3.77. The molecule has 0 aromatic carbocycles. The molecule has 0 N–H and O–H groups in total. The van der Waals surface area contributed by atoms with E-state index in [0.29, 0.717) is 4.47 Å². The minimum absolute atomic E-state index is 0.378. The molecule has 1 aliphatic heterocycles. The van der Waals surface area contributed by atoms with Gasteiger partial charge in [-0.3, -0.25) is 4.98 Å². The maximum Gasteiger partial charge on any atom is 0.0567 e. The minimum atomic E-state index is -3.23. The third-order valence-corrected chi connectivity index (χ3v) is 1.93. The summed E-state index contributed by atoms with van der Waals surface area (Å²) in [5, 5.41) is 0. The quantitative estimate of drug-likeness (QED) is 0.765. The first kappa shape index (κ1) is 3.31. The Morgan fingerprint density at radius 2 is 2.38 bits per heavy atom. The summed E-state index contributed by atoms with van der Waals surface area (Å²) in [6, 6.07) is 2.64. The zero-order chi connectivity index (χ0) is 17.2. The molecule has 0 radical (unpaired) electrons. The average molecular weight is 251 g/mol. The molecule has 2 heterocycles. The Bertz CT molecular complexity index is 580. The standard InChI is InChI=1S/C10H12BrNO/c11-9-1-4-12-10(7-9)8-2-5-13-6-3-8/h1,4,7-8H,2-3,5-6H2/i2D2,3D2,5D2,6D2,8D. The molecule has 1 aliphatic rings. The van der Waals surface area contributed by atoms with Crippen LogP contribution in [-0.2, 0) is 4.74 Å². The lowest BCUT2D eigenvalue weighted by atomic mass is 9.96. The number of rotatable bonds is 1. The van der Waals surface area contributed by atoms with Gasteiger partial charge in [0.25, 0.3) is 0 Å². The second-order valence-corrected chi connectivity index (χ2v) is 3.21. The number of aromatic nitrogens is 1. The normalized spacial score (nSPS) is 47.0. The van der Waals surface area contributed by atoms with Gasteiger partial charge in [0.1, 0.15) is 0 Å². The number of hydrogen-bond acceptors (Lipinski definition) is 2. The molecule has 0 spiro atoms. The van der Waals surface area contributed by atoms with Crippen molar-refractivity contribution in [3.63, 3.8) is 0 Å². The van der Waals surface area contributed by atoms with Gasteiger partial charge in [-0.2, -0.15) is 0 Å². The summed E-state index contributed by atoms with van der Waals surface area (Å²) in [6.45, 7) is -6.46. The van der Waals surface area contributed by atoms with E-state index < -0.39 is 37.5 Å². The van der Waals surface area contributed by atoms with Gasteiger partial charge in [-0.15, -0.1) is 0 Å². The maximum absolute atomic E-state index is 8.38. The smallest absolute Gasteiger partial charge is 0.0567 e. The monoisotopic (exact) mass is 250 g/mol. The van der Waals surface area contributed by atoms with Crippen LogP contribution < -0.4 is 0 Å². The van der Waals surface area contributed by atoms with Gasteiger partial charge in [0, 0.05) is 42.2 Å². The van der Waals surface area contributed by atoms with Gasteiger partial charge in [-0.1, -0.05) is 15.9 Å². The summed E-state index contributed by atoms with van der Waals surface area (Å²) in [5.74, 6) is -2.98. The van der Waals surface area contributed by atoms with E-state index in [9.17, 15) is 0 Å². The summed E-state index contributed by atoms with van der Waals surface area (Å²) in [5.41, 5.74) is -0.437. The van der Waals surface area contributed by atoms with Crippen molar-refractivity contribution < 1.29 is 17.1 Å². The van der Waals surface area contributed by atoms with E-state index in [0.717, 1.165) is 0 Å². The molecule has 0 saturated carbocycles. The molecule has 0 bridgehead atoms. The van der Waals surface area contributed by atoms with E-state index in [4.69, 9.17) is 12.3 Å². The Labute approximate surface area is 99.1 Å². The van der Waals surface area contributed by atoms with Crippen molar-refractivity contribution >= 4 is 15.9 Å². The van der Waals surface area contributed by atoms with Crippen LogP contribution in [0.5, 0.6) is 0 Å². The predicted molar refractivity (Wildman–Crippen MR) is 54.7 cm³/mol. The zero-order valence-corrected chi connectivity index (χ0v) is 8.05. The molecule has 1 aromatic rings. The van der Waals surface area contributed by atoms with Gasteiger partial charge in [0.2, 0.25) is 0 Å². The van der Waals surface area contributed by atoms with Gasteiger partial charge >= 0.3 is 0 Å². The fraction of sp³-hybridized carbons (Fsp3) is 0.500. The van der Waals surface area contributed by atoms with Crippen molar-refractivity contribution in [3.05, 3.63) is 28.5 Å². The molecular weight excluding hydrogens is 230 g/mol. The van der Waals surface area contributed by atoms with Gasteiger partial charge in [-0.25, -0.2) is 0 Å². The van der Waals surface area contributed by atoms with E-state index in [1.807, 2.05) is 0 Å². The van der Waals surface area contributed by atoms with E-state index in [1.54, 1.807) is 0 Å². The lowest BCUT2D eigenvalue weighted by Gasteiger charge is -2.21. The van der Waals surface area contributed by atoms with Crippen LogP contribution in [0.3, 0.4) is 0 Å². The van der Waals surface area contributed by atoms with Crippen molar-refractivity contribution in [3.8, 4) is 0 Å². The molecule has 1 aromatic heterocycles. The van der Waals surface area contributed by atoms with Crippen LogP contribution in [0.2, 0.25) is 0 Å². The van der Waals surface area contributed by atoms with Crippen LogP contribution >= 0.6 is 15.9 Å². The molecule has 1 fully saturated rings. The van der Waals surface area contributed by atoms with Gasteiger partial charge in [0.05, 0.1) is 5.48 Å². The highest BCUT2D eigenvalue weighted by molar-refractivity contribution is 9.10. The fourth-order valence-electron chi connectivity index (χ4n) is 0.879. The number of pyridine rings is 1. The van der Waals surface area contributed by atoms with Gasteiger partial charge in [0.15, 0.2) is 0 Å². The second kappa shape index (κ2) is 4.20. The van der Waals surface area contributed by atoms with E-state index >= 15 is 0 Å². The summed E-state index contributed by atoms with van der Waals surface area (Å²) < 4.78 is 75.4. The van der Waals surface area contributed by atoms with E-state index in [-0.39, 0.29) is 0 Å². The van der Waals surface area contributed by atoms with Gasteiger partial charge < -0.3 is 4.74 Å². The largest absolute Gasteiger partial charge is 0.381 e. The lowest BCUT2D eigenvalue weighted by molar-refractivity contribution is 0.0845. The molecule has 2 nitrogen and oxygen atoms in total.